The molecule has 0 bridgehead atoms. The molecule has 1 aliphatic carbocycles. The molecule has 132 valence electrons. The van der Waals surface area contributed by atoms with Crippen molar-refractivity contribution in [1.82, 2.24) is 15.2 Å². The van der Waals surface area contributed by atoms with Crippen molar-refractivity contribution in [2.75, 3.05) is 13.2 Å². The standard InChI is InChI=1S/C20H25N3O2/c1-2-18(16-9-11-21-12-10-16)22-20(25)23(13-14-24)19-8-7-15-5-3-4-6-17(15)19/h3-6,9-12,18-19,24H,2,7-8,13-14H2,1H3,(H,22,25). The average molecular weight is 339 g/mol. The Hall–Kier alpha value is -2.40. The topological polar surface area (TPSA) is 65.5 Å². The minimum absolute atomic E-state index is 0.0262. The molecule has 1 aromatic heterocycles. The van der Waals surface area contributed by atoms with Crippen molar-refractivity contribution in [3.8, 4) is 0 Å². The Kier molecular flexibility index (Phi) is 5.66. The SMILES string of the molecule is CCC(NC(=O)N(CCO)C1CCc2ccccc21)c1ccncc1. The van der Waals surface area contributed by atoms with Gasteiger partial charge in [0.25, 0.3) is 0 Å². The van der Waals surface area contributed by atoms with Crippen LogP contribution >= 0.6 is 0 Å². The molecule has 5 heteroatoms. The highest BCUT2D eigenvalue weighted by atomic mass is 16.3. The molecule has 25 heavy (non-hydrogen) atoms. The monoisotopic (exact) mass is 339 g/mol. The van der Waals surface area contributed by atoms with Crippen molar-refractivity contribution in [2.45, 2.75) is 38.3 Å². The first kappa shape index (κ1) is 17.4. The van der Waals surface area contributed by atoms with Gasteiger partial charge >= 0.3 is 6.03 Å². The van der Waals surface area contributed by atoms with Crippen molar-refractivity contribution in [1.29, 1.82) is 0 Å². The zero-order valence-electron chi connectivity index (χ0n) is 14.6. The summed E-state index contributed by atoms with van der Waals surface area (Å²) in [6.45, 7) is 2.34. The van der Waals surface area contributed by atoms with E-state index in [1.54, 1.807) is 17.3 Å². The summed E-state index contributed by atoms with van der Waals surface area (Å²) in [6, 6.07) is 11.9. The molecule has 5 nitrogen and oxygen atoms in total. The van der Waals surface area contributed by atoms with E-state index in [9.17, 15) is 9.90 Å². The Labute approximate surface area is 148 Å². The lowest BCUT2D eigenvalue weighted by atomic mass is 10.1. The van der Waals surface area contributed by atoms with Crippen LogP contribution in [0.2, 0.25) is 0 Å². The van der Waals surface area contributed by atoms with Crippen LogP contribution < -0.4 is 5.32 Å². The van der Waals surface area contributed by atoms with Gasteiger partial charge in [-0.15, -0.1) is 0 Å². The minimum Gasteiger partial charge on any atom is -0.395 e. The Morgan fingerprint density at radius 3 is 2.80 bits per heavy atom. The fourth-order valence-electron chi connectivity index (χ4n) is 3.61. The number of carbonyl (C=O) groups is 1. The number of aliphatic hydroxyl groups is 1. The number of benzene rings is 1. The molecule has 3 rings (SSSR count). The number of fused-ring (bicyclic) bond motifs is 1. The molecule has 1 heterocycles. The van der Waals surface area contributed by atoms with Crippen LogP contribution in [-0.2, 0) is 6.42 Å². The number of aliphatic hydroxyl groups excluding tert-OH is 1. The predicted molar refractivity (Wildman–Crippen MR) is 97.1 cm³/mol. The lowest BCUT2D eigenvalue weighted by Crippen LogP contribution is -2.44. The summed E-state index contributed by atoms with van der Waals surface area (Å²) in [7, 11) is 0. The molecule has 0 saturated carbocycles. The van der Waals surface area contributed by atoms with Gasteiger partial charge in [0.05, 0.1) is 18.7 Å². The minimum atomic E-state index is -0.126. The second kappa shape index (κ2) is 8.12. The van der Waals surface area contributed by atoms with E-state index in [1.165, 1.54) is 11.1 Å². The van der Waals surface area contributed by atoms with Crippen LogP contribution in [0.5, 0.6) is 0 Å². The van der Waals surface area contributed by atoms with Gasteiger partial charge < -0.3 is 15.3 Å². The first-order valence-electron chi connectivity index (χ1n) is 8.90. The van der Waals surface area contributed by atoms with Gasteiger partial charge in [-0.2, -0.15) is 0 Å². The predicted octanol–water partition coefficient (Wildman–Crippen LogP) is 3.22. The van der Waals surface area contributed by atoms with Crippen LogP contribution in [0.3, 0.4) is 0 Å². The lowest BCUT2D eigenvalue weighted by molar-refractivity contribution is 0.148. The summed E-state index contributed by atoms with van der Waals surface area (Å²) < 4.78 is 0. The number of aromatic nitrogens is 1. The third-order valence-electron chi connectivity index (χ3n) is 4.89. The Morgan fingerprint density at radius 1 is 1.32 bits per heavy atom. The number of pyridine rings is 1. The highest BCUT2D eigenvalue weighted by Crippen LogP contribution is 2.35. The van der Waals surface area contributed by atoms with Crippen LogP contribution in [0.1, 0.15) is 48.5 Å². The van der Waals surface area contributed by atoms with Gasteiger partial charge in [0.15, 0.2) is 0 Å². The fraction of sp³-hybridized carbons (Fsp3) is 0.400. The van der Waals surface area contributed by atoms with Gasteiger partial charge in [0, 0.05) is 18.9 Å². The Bertz CT molecular complexity index is 705. The summed E-state index contributed by atoms with van der Waals surface area (Å²) in [4.78, 5) is 18.8. The van der Waals surface area contributed by atoms with Gasteiger partial charge in [0.2, 0.25) is 0 Å². The number of nitrogens with zero attached hydrogens (tertiary/aromatic N) is 2. The van der Waals surface area contributed by atoms with E-state index in [0.29, 0.717) is 6.54 Å². The molecule has 0 spiro atoms. The third-order valence-corrected chi connectivity index (χ3v) is 4.89. The number of rotatable bonds is 6. The molecule has 1 aromatic carbocycles. The van der Waals surface area contributed by atoms with Gasteiger partial charge in [0.1, 0.15) is 0 Å². The van der Waals surface area contributed by atoms with Crippen molar-refractivity contribution in [3.05, 3.63) is 65.5 Å². The van der Waals surface area contributed by atoms with Gasteiger partial charge in [-0.3, -0.25) is 4.98 Å². The van der Waals surface area contributed by atoms with Crippen LogP contribution in [0.15, 0.2) is 48.8 Å². The first-order chi connectivity index (χ1) is 12.2. The number of carbonyl (C=O) groups excluding carboxylic acids is 1. The summed E-state index contributed by atoms with van der Waals surface area (Å²) in [5, 5.41) is 12.6. The normalized spacial score (nSPS) is 17.0. The number of urea groups is 1. The average Bonchev–Trinajstić information content (AvgIpc) is 3.08. The van der Waals surface area contributed by atoms with Gasteiger partial charge in [-0.05, 0) is 48.1 Å². The van der Waals surface area contributed by atoms with E-state index in [4.69, 9.17) is 0 Å². The fourth-order valence-corrected chi connectivity index (χ4v) is 3.61. The van der Waals surface area contributed by atoms with E-state index in [1.807, 2.05) is 31.2 Å². The second-order valence-corrected chi connectivity index (χ2v) is 6.36. The van der Waals surface area contributed by atoms with E-state index in [0.717, 1.165) is 24.8 Å². The summed E-state index contributed by atoms with van der Waals surface area (Å²) >= 11 is 0. The molecule has 2 amide bonds. The maximum atomic E-state index is 13.0. The summed E-state index contributed by atoms with van der Waals surface area (Å²) in [5.74, 6) is 0. The highest BCUT2D eigenvalue weighted by Gasteiger charge is 2.31. The number of aryl methyl sites for hydroxylation is 1. The molecule has 2 aromatic rings. The van der Waals surface area contributed by atoms with Crippen LogP contribution in [0.25, 0.3) is 0 Å². The summed E-state index contributed by atoms with van der Waals surface area (Å²) in [6.07, 6.45) is 6.14. The molecule has 2 unspecified atom stereocenters. The van der Waals surface area contributed by atoms with Crippen LogP contribution in [0, 0.1) is 0 Å². The van der Waals surface area contributed by atoms with E-state index < -0.39 is 0 Å². The molecule has 0 radical (unpaired) electrons. The molecule has 2 N–H and O–H groups in total. The van der Waals surface area contributed by atoms with Crippen LogP contribution in [0.4, 0.5) is 4.79 Å². The largest absolute Gasteiger partial charge is 0.395 e. The Balaban J connectivity index is 1.78. The van der Waals surface area contributed by atoms with E-state index in [2.05, 4.69) is 22.4 Å². The zero-order valence-corrected chi connectivity index (χ0v) is 14.6. The van der Waals surface area contributed by atoms with Crippen molar-refractivity contribution in [2.24, 2.45) is 0 Å². The molecular formula is C20H25N3O2. The molecule has 1 aliphatic rings. The molecular weight excluding hydrogens is 314 g/mol. The van der Waals surface area contributed by atoms with Crippen molar-refractivity contribution >= 4 is 6.03 Å². The second-order valence-electron chi connectivity index (χ2n) is 6.36. The van der Waals surface area contributed by atoms with Gasteiger partial charge in [-0.25, -0.2) is 4.79 Å². The van der Waals surface area contributed by atoms with Crippen molar-refractivity contribution in [3.63, 3.8) is 0 Å². The summed E-state index contributed by atoms with van der Waals surface area (Å²) in [5.41, 5.74) is 3.54. The zero-order chi connectivity index (χ0) is 17.6. The van der Waals surface area contributed by atoms with Gasteiger partial charge in [-0.1, -0.05) is 31.2 Å². The molecule has 2 atom stereocenters. The van der Waals surface area contributed by atoms with Crippen LogP contribution in [-0.4, -0.2) is 34.2 Å². The maximum Gasteiger partial charge on any atom is 0.318 e. The quantitative estimate of drug-likeness (QED) is 0.849. The highest BCUT2D eigenvalue weighted by molar-refractivity contribution is 5.75. The third kappa shape index (κ3) is 3.82. The molecule has 0 saturated heterocycles. The van der Waals surface area contributed by atoms with E-state index >= 15 is 0 Å². The number of hydrogen-bond acceptors (Lipinski definition) is 3. The molecule has 0 fully saturated rings. The number of nitrogens with one attached hydrogen (secondary N) is 1. The Morgan fingerprint density at radius 2 is 2.08 bits per heavy atom. The first-order valence-corrected chi connectivity index (χ1v) is 8.90. The molecule has 0 aliphatic heterocycles. The van der Waals surface area contributed by atoms with Crippen molar-refractivity contribution < 1.29 is 9.90 Å². The smallest absolute Gasteiger partial charge is 0.318 e. The number of hydrogen-bond donors (Lipinski definition) is 2. The maximum absolute atomic E-state index is 13.0. The van der Waals surface area contributed by atoms with E-state index in [-0.39, 0.29) is 24.7 Å². The number of amides is 2. The lowest BCUT2D eigenvalue weighted by Gasteiger charge is -2.31.